The molecule has 0 aromatic carbocycles. The molecule has 1 aliphatic heterocycles. The Labute approximate surface area is 84.0 Å². The van der Waals surface area contributed by atoms with Gasteiger partial charge in [-0.1, -0.05) is 6.92 Å². The maximum Gasteiger partial charge on any atom is 0.253 e. The summed E-state index contributed by atoms with van der Waals surface area (Å²) in [4.78, 5) is 0. The average Bonchev–Trinajstić information content (AvgIpc) is 2.60. The van der Waals surface area contributed by atoms with Crippen LogP contribution >= 0.6 is 0 Å². The Balaban J connectivity index is 2.23. The summed E-state index contributed by atoms with van der Waals surface area (Å²) in [5.41, 5.74) is 0. The largest absolute Gasteiger partial charge is 0.378 e. The van der Waals surface area contributed by atoms with Gasteiger partial charge in [-0.25, -0.2) is 8.78 Å². The highest BCUT2D eigenvalue weighted by Gasteiger charge is 2.27. The smallest absolute Gasteiger partial charge is 0.253 e. The fourth-order valence-electron chi connectivity index (χ4n) is 1.80. The van der Waals surface area contributed by atoms with Crippen LogP contribution in [0.5, 0.6) is 0 Å². The first-order chi connectivity index (χ1) is 6.65. The third-order valence-corrected chi connectivity index (χ3v) is 2.83. The van der Waals surface area contributed by atoms with Gasteiger partial charge in [-0.3, -0.25) is 0 Å². The molecule has 0 aromatic heterocycles. The molecule has 1 heterocycles. The van der Waals surface area contributed by atoms with E-state index in [-0.39, 0.29) is 6.10 Å². The van der Waals surface area contributed by atoms with E-state index in [9.17, 15) is 8.78 Å². The zero-order valence-corrected chi connectivity index (χ0v) is 8.80. The van der Waals surface area contributed by atoms with E-state index in [2.05, 4.69) is 12.2 Å². The summed E-state index contributed by atoms with van der Waals surface area (Å²) in [5.74, 6) is 0.404. The van der Waals surface area contributed by atoms with E-state index in [1.165, 1.54) is 6.92 Å². The lowest BCUT2D eigenvalue weighted by atomic mass is 9.99. The van der Waals surface area contributed by atoms with Gasteiger partial charge in [0.15, 0.2) is 0 Å². The highest BCUT2D eigenvalue weighted by atomic mass is 19.3. The summed E-state index contributed by atoms with van der Waals surface area (Å²) < 4.78 is 29.9. The van der Waals surface area contributed by atoms with Gasteiger partial charge in [0.2, 0.25) is 0 Å². The van der Waals surface area contributed by atoms with Gasteiger partial charge in [0.1, 0.15) is 0 Å². The number of halogens is 2. The second-order valence-electron chi connectivity index (χ2n) is 3.90. The quantitative estimate of drug-likeness (QED) is 0.745. The molecular formula is C10H19F2NO. The molecule has 1 saturated heterocycles. The molecule has 1 fully saturated rings. The van der Waals surface area contributed by atoms with Crippen LogP contribution in [0.25, 0.3) is 0 Å². The first-order valence-corrected chi connectivity index (χ1v) is 5.28. The lowest BCUT2D eigenvalue weighted by molar-refractivity contribution is 0.0777. The van der Waals surface area contributed by atoms with E-state index in [0.717, 1.165) is 19.4 Å². The molecule has 84 valence electrons. The Morgan fingerprint density at radius 2 is 2.21 bits per heavy atom. The normalized spacial score (nSPS) is 29.8. The molecule has 0 saturated carbocycles. The Kier molecular flexibility index (Phi) is 4.75. The van der Waals surface area contributed by atoms with Crippen molar-refractivity contribution in [1.82, 2.24) is 5.32 Å². The van der Waals surface area contributed by atoms with E-state index in [4.69, 9.17) is 4.74 Å². The minimum Gasteiger partial charge on any atom is -0.378 e. The standard InChI is InChI=1S/C10H19F2NO/c1-3-9-8(4-5-14-9)6-13-7(2)10(11)12/h7-10,13H,3-6H2,1-2H3. The summed E-state index contributed by atoms with van der Waals surface area (Å²) in [6.07, 6.45) is -0.0681. The van der Waals surface area contributed by atoms with Gasteiger partial charge >= 0.3 is 0 Å². The molecule has 1 N–H and O–H groups in total. The van der Waals surface area contributed by atoms with Crippen molar-refractivity contribution >= 4 is 0 Å². The topological polar surface area (TPSA) is 21.3 Å². The molecule has 0 bridgehead atoms. The van der Waals surface area contributed by atoms with Crippen molar-refractivity contribution in [3.8, 4) is 0 Å². The van der Waals surface area contributed by atoms with Crippen molar-refractivity contribution < 1.29 is 13.5 Å². The number of rotatable bonds is 5. The van der Waals surface area contributed by atoms with Crippen LogP contribution in [0.1, 0.15) is 26.7 Å². The number of alkyl halides is 2. The average molecular weight is 207 g/mol. The van der Waals surface area contributed by atoms with Crippen LogP contribution in [0.15, 0.2) is 0 Å². The second-order valence-corrected chi connectivity index (χ2v) is 3.90. The molecular weight excluding hydrogens is 188 g/mol. The third kappa shape index (κ3) is 3.17. The highest BCUT2D eigenvalue weighted by molar-refractivity contribution is 4.78. The maximum absolute atomic E-state index is 12.2. The molecule has 0 radical (unpaired) electrons. The minimum absolute atomic E-state index is 0.257. The molecule has 3 unspecified atom stereocenters. The maximum atomic E-state index is 12.2. The van der Waals surface area contributed by atoms with Crippen molar-refractivity contribution in [3.63, 3.8) is 0 Å². The van der Waals surface area contributed by atoms with Crippen LogP contribution in [0, 0.1) is 5.92 Å². The molecule has 2 nitrogen and oxygen atoms in total. The monoisotopic (exact) mass is 207 g/mol. The number of hydrogen-bond donors (Lipinski definition) is 1. The van der Waals surface area contributed by atoms with Crippen LogP contribution in [0.3, 0.4) is 0 Å². The summed E-state index contributed by atoms with van der Waals surface area (Å²) in [6.45, 7) is 5.00. The van der Waals surface area contributed by atoms with Crippen molar-refractivity contribution in [2.75, 3.05) is 13.2 Å². The molecule has 0 amide bonds. The molecule has 14 heavy (non-hydrogen) atoms. The van der Waals surface area contributed by atoms with Crippen LogP contribution in [-0.2, 0) is 4.74 Å². The molecule has 1 aliphatic rings. The second kappa shape index (κ2) is 5.61. The molecule has 0 spiro atoms. The molecule has 4 heteroatoms. The zero-order valence-electron chi connectivity index (χ0n) is 8.80. The fourth-order valence-corrected chi connectivity index (χ4v) is 1.80. The van der Waals surface area contributed by atoms with Gasteiger partial charge < -0.3 is 10.1 Å². The molecule has 0 aliphatic carbocycles. The third-order valence-electron chi connectivity index (χ3n) is 2.83. The van der Waals surface area contributed by atoms with Crippen molar-refractivity contribution in [3.05, 3.63) is 0 Å². The van der Waals surface area contributed by atoms with Crippen molar-refractivity contribution in [2.45, 2.75) is 45.3 Å². The molecule has 1 rings (SSSR count). The first kappa shape index (κ1) is 11.9. The number of hydrogen-bond acceptors (Lipinski definition) is 2. The van der Waals surface area contributed by atoms with Crippen molar-refractivity contribution in [2.24, 2.45) is 5.92 Å². The number of nitrogens with one attached hydrogen (secondary N) is 1. The van der Waals surface area contributed by atoms with Crippen molar-refractivity contribution in [1.29, 1.82) is 0 Å². The molecule has 0 aromatic rings. The van der Waals surface area contributed by atoms with Gasteiger partial charge in [0, 0.05) is 13.2 Å². The SMILES string of the molecule is CCC1OCCC1CNC(C)C(F)F. The number of ether oxygens (including phenoxy) is 1. The summed E-state index contributed by atoms with van der Waals surface area (Å²) in [6, 6.07) is -0.715. The van der Waals surface area contributed by atoms with E-state index < -0.39 is 12.5 Å². The lowest BCUT2D eigenvalue weighted by Gasteiger charge is -2.20. The Morgan fingerprint density at radius 3 is 2.79 bits per heavy atom. The van der Waals surface area contributed by atoms with E-state index in [1.54, 1.807) is 0 Å². The van der Waals surface area contributed by atoms with Gasteiger partial charge in [-0.2, -0.15) is 0 Å². The lowest BCUT2D eigenvalue weighted by Crippen LogP contribution is -2.38. The van der Waals surface area contributed by atoms with Gasteiger partial charge in [0.05, 0.1) is 12.1 Å². The van der Waals surface area contributed by atoms with Crippen LogP contribution in [-0.4, -0.2) is 31.7 Å². The van der Waals surface area contributed by atoms with Gasteiger partial charge in [-0.15, -0.1) is 0 Å². The van der Waals surface area contributed by atoms with E-state index in [1.807, 2.05) is 0 Å². The summed E-state index contributed by atoms with van der Waals surface area (Å²) in [7, 11) is 0. The van der Waals surface area contributed by atoms with E-state index >= 15 is 0 Å². The van der Waals surface area contributed by atoms with E-state index in [0.29, 0.717) is 12.5 Å². The fraction of sp³-hybridized carbons (Fsp3) is 1.00. The van der Waals surface area contributed by atoms with Crippen LogP contribution in [0.4, 0.5) is 8.78 Å². The Hall–Kier alpha value is -0.220. The molecule has 3 atom stereocenters. The van der Waals surface area contributed by atoms with Crippen LogP contribution < -0.4 is 5.32 Å². The Morgan fingerprint density at radius 1 is 1.50 bits per heavy atom. The van der Waals surface area contributed by atoms with Gasteiger partial charge in [-0.05, 0) is 25.7 Å². The summed E-state index contributed by atoms with van der Waals surface area (Å²) in [5, 5.41) is 2.86. The minimum atomic E-state index is -2.28. The van der Waals surface area contributed by atoms with Gasteiger partial charge in [0.25, 0.3) is 6.43 Å². The predicted molar refractivity (Wildman–Crippen MR) is 51.6 cm³/mol. The highest BCUT2D eigenvalue weighted by Crippen LogP contribution is 2.22. The predicted octanol–water partition coefficient (Wildman–Crippen LogP) is 2.04. The summed E-state index contributed by atoms with van der Waals surface area (Å²) >= 11 is 0. The first-order valence-electron chi connectivity index (χ1n) is 5.28. The van der Waals surface area contributed by atoms with Crippen LogP contribution in [0.2, 0.25) is 0 Å². The zero-order chi connectivity index (χ0) is 10.6. The Bertz CT molecular complexity index is 166.